The summed E-state index contributed by atoms with van der Waals surface area (Å²) in [4.78, 5) is 13.3. The van der Waals surface area contributed by atoms with Crippen molar-refractivity contribution in [3.63, 3.8) is 0 Å². The highest BCUT2D eigenvalue weighted by atomic mass is 16.7. The van der Waals surface area contributed by atoms with Gasteiger partial charge in [0.2, 0.25) is 0 Å². The maximum atomic E-state index is 11.3. The molecule has 0 atom stereocenters. The molecule has 0 amide bonds. The molecule has 0 N–H and O–H groups in total. The molecule has 108 valence electrons. The lowest BCUT2D eigenvalue weighted by Gasteiger charge is -2.27. The average molecular weight is 261 g/mol. The van der Waals surface area contributed by atoms with E-state index in [9.17, 15) is 4.79 Å². The predicted octanol–water partition coefficient (Wildman–Crippen LogP) is 1.66. The topological polar surface area (TPSA) is 48.0 Å². The molecular formula is C13H27NO4. The molecule has 0 spiro atoms. The normalized spacial score (nSPS) is 11.6. The second-order valence-corrected chi connectivity index (χ2v) is 4.27. The lowest BCUT2D eigenvalue weighted by Crippen LogP contribution is -2.38. The Kier molecular flexibility index (Phi) is 9.92. The third kappa shape index (κ3) is 7.63. The Morgan fingerprint density at radius 2 is 1.72 bits per heavy atom. The number of methoxy groups -OCH3 is 1. The van der Waals surface area contributed by atoms with E-state index < -0.39 is 0 Å². The van der Waals surface area contributed by atoms with Crippen molar-refractivity contribution in [3.05, 3.63) is 0 Å². The second kappa shape index (κ2) is 10.3. The van der Waals surface area contributed by atoms with Crippen LogP contribution in [0.2, 0.25) is 0 Å². The fourth-order valence-corrected chi connectivity index (χ4v) is 1.61. The molecule has 0 saturated heterocycles. The van der Waals surface area contributed by atoms with Crippen LogP contribution in [0.1, 0.15) is 34.1 Å². The van der Waals surface area contributed by atoms with Gasteiger partial charge in [-0.15, -0.1) is 0 Å². The number of hydrogen-bond donors (Lipinski definition) is 0. The second-order valence-electron chi connectivity index (χ2n) is 4.27. The van der Waals surface area contributed by atoms with Crippen molar-refractivity contribution in [2.75, 3.05) is 33.4 Å². The number of hydrogen-bond acceptors (Lipinski definition) is 5. The Hall–Kier alpha value is -0.650. The molecule has 5 heteroatoms. The van der Waals surface area contributed by atoms with Crippen LogP contribution in [0.15, 0.2) is 0 Å². The summed E-state index contributed by atoms with van der Waals surface area (Å²) in [6.45, 7) is 10.3. The van der Waals surface area contributed by atoms with E-state index in [0.29, 0.717) is 19.8 Å². The molecule has 0 heterocycles. The van der Waals surface area contributed by atoms with Crippen LogP contribution in [0.25, 0.3) is 0 Å². The maximum Gasteiger partial charge on any atom is 0.319 e. The molecule has 0 aromatic rings. The molecular weight excluding hydrogens is 234 g/mol. The Morgan fingerprint density at radius 3 is 2.11 bits per heavy atom. The number of nitrogens with zero attached hydrogens (tertiary/aromatic N) is 1. The van der Waals surface area contributed by atoms with Gasteiger partial charge in [-0.05, 0) is 27.7 Å². The molecule has 0 aromatic carbocycles. The molecule has 0 rings (SSSR count). The summed E-state index contributed by atoms with van der Waals surface area (Å²) in [6.07, 6.45) is 0.551. The Balaban J connectivity index is 4.18. The van der Waals surface area contributed by atoms with Crippen LogP contribution >= 0.6 is 0 Å². The molecule has 0 fully saturated rings. The van der Waals surface area contributed by atoms with Crippen LogP contribution in [0.4, 0.5) is 0 Å². The van der Waals surface area contributed by atoms with E-state index in [2.05, 4.69) is 23.5 Å². The number of carbonyl (C=O) groups is 1. The minimum atomic E-state index is -0.215. The van der Waals surface area contributed by atoms with E-state index >= 15 is 0 Å². The number of carbonyl (C=O) groups excluding carboxylic acids is 1. The maximum absolute atomic E-state index is 11.3. The van der Waals surface area contributed by atoms with Gasteiger partial charge in [-0.3, -0.25) is 9.69 Å². The zero-order valence-electron chi connectivity index (χ0n) is 12.3. The SMILES string of the molecule is CCOC(CCN(CC(=O)OC)C(C)C)OCC. The highest BCUT2D eigenvalue weighted by Crippen LogP contribution is 2.06. The monoisotopic (exact) mass is 261 g/mol. The lowest BCUT2D eigenvalue weighted by atomic mass is 10.2. The van der Waals surface area contributed by atoms with Crippen LogP contribution in [-0.4, -0.2) is 56.6 Å². The first-order valence-corrected chi connectivity index (χ1v) is 6.59. The van der Waals surface area contributed by atoms with Gasteiger partial charge < -0.3 is 14.2 Å². The van der Waals surface area contributed by atoms with E-state index in [0.717, 1.165) is 13.0 Å². The summed E-state index contributed by atoms with van der Waals surface area (Å²) < 4.78 is 15.6. The van der Waals surface area contributed by atoms with Crippen molar-refractivity contribution in [2.45, 2.75) is 46.4 Å². The van der Waals surface area contributed by atoms with E-state index in [-0.39, 0.29) is 18.3 Å². The summed E-state index contributed by atoms with van der Waals surface area (Å²) >= 11 is 0. The molecule has 18 heavy (non-hydrogen) atoms. The largest absolute Gasteiger partial charge is 0.468 e. The Morgan fingerprint density at radius 1 is 1.17 bits per heavy atom. The Bertz CT molecular complexity index is 215. The van der Waals surface area contributed by atoms with Gasteiger partial charge in [0.15, 0.2) is 6.29 Å². The third-order valence-electron chi connectivity index (χ3n) is 2.65. The standard InChI is InChI=1S/C13H27NO4/c1-6-17-13(18-7-2)8-9-14(11(3)4)10-12(15)16-5/h11,13H,6-10H2,1-5H3. The number of esters is 1. The van der Waals surface area contributed by atoms with Gasteiger partial charge in [-0.25, -0.2) is 0 Å². The van der Waals surface area contributed by atoms with Gasteiger partial charge in [-0.1, -0.05) is 0 Å². The van der Waals surface area contributed by atoms with Gasteiger partial charge in [0.25, 0.3) is 0 Å². The molecule has 5 nitrogen and oxygen atoms in total. The molecule has 0 radical (unpaired) electrons. The van der Waals surface area contributed by atoms with Crippen LogP contribution < -0.4 is 0 Å². The summed E-state index contributed by atoms with van der Waals surface area (Å²) in [5, 5.41) is 0. The van der Waals surface area contributed by atoms with Gasteiger partial charge >= 0.3 is 5.97 Å². The van der Waals surface area contributed by atoms with E-state index in [1.807, 2.05) is 13.8 Å². The number of ether oxygens (including phenoxy) is 3. The van der Waals surface area contributed by atoms with Crippen molar-refractivity contribution in [1.82, 2.24) is 4.90 Å². The molecule has 0 unspecified atom stereocenters. The van der Waals surface area contributed by atoms with Crippen LogP contribution in [0.5, 0.6) is 0 Å². The zero-order valence-corrected chi connectivity index (χ0v) is 12.3. The van der Waals surface area contributed by atoms with E-state index in [1.165, 1.54) is 7.11 Å². The molecule has 0 aliphatic heterocycles. The van der Waals surface area contributed by atoms with Crippen LogP contribution in [0, 0.1) is 0 Å². The van der Waals surface area contributed by atoms with E-state index in [4.69, 9.17) is 9.47 Å². The van der Waals surface area contributed by atoms with Gasteiger partial charge in [0.1, 0.15) is 0 Å². The lowest BCUT2D eigenvalue weighted by molar-refractivity contribution is -0.148. The van der Waals surface area contributed by atoms with Crippen LogP contribution in [-0.2, 0) is 19.0 Å². The van der Waals surface area contributed by atoms with Crippen molar-refractivity contribution >= 4 is 5.97 Å². The highest BCUT2D eigenvalue weighted by molar-refractivity contribution is 5.71. The molecule has 0 aliphatic rings. The minimum absolute atomic E-state index is 0.195. The molecule has 0 aliphatic carbocycles. The Labute approximate surface area is 110 Å². The van der Waals surface area contributed by atoms with Crippen molar-refractivity contribution in [1.29, 1.82) is 0 Å². The first-order valence-electron chi connectivity index (χ1n) is 6.59. The molecule has 0 bridgehead atoms. The quantitative estimate of drug-likeness (QED) is 0.442. The van der Waals surface area contributed by atoms with E-state index in [1.54, 1.807) is 0 Å². The smallest absolute Gasteiger partial charge is 0.319 e. The average Bonchev–Trinajstić information content (AvgIpc) is 2.33. The first kappa shape index (κ1) is 17.4. The third-order valence-corrected chi connectivity index (χ3v) is 2.65. The molecule has 0 aromatic heterocycles. The van der Waals surface area contributed by atoms with Crippen LogP contribution in [0.3, 0.4) is 0 Å². The fraction of sp³-hybridized carbons (Fsp3) is 0.923. The van der Waals surface area contributed by atoms with Gasteiger partial charge in [0.05, 0.1) is 13.7 Å². The summed E-state index contributed by atoms with van der Waals surface area (Å²) in [6, 6.07) is 0.285. The van der Waals surface area contributed by atoms with Crippen molar-refractivity contribution < 1.29 is 19.0 Å². The summed E-state index contributed by atoms with van der Waals surface area (Å²) in [7, 11) is 1.41. The first-order chi connectivity index (χ1) is 8.54. The zero-order chi connectivity index (χ0) is 14.0. The predicted molar refractivity (Wildman–Crippen MR) is 70.4 cm³/mol. The fourth-order valence-electron chi connectivity index (χ4n) is 1.61. The van der Waals surface area contributed by atoms with Gasteiger partial charge in [-0.2, -0.15) is 0 Å². The van der Waals surface area contributed by atoms with Gasteiger partial charge in [0, 0.05) is 32.2 Å². The minimum Gasteiger partial charge on any atom is -0.468 e. The number of rotatable bonds is 10. The summed E-state index contributed by atoms with van der Waals surface area (Å²) in [5.74, 6) is -0.215. The molecule has 0 saturated carbocycles. The van der Waals surface area contributed by atoms with Crippen molar-refractivity contribution in [2.24, 2.45) is 0 Å². The highest BCUT2D eigenvalue weighted by Gasteiger charge is 2.17. The van der Waals surface area contributed by atoms with Crippen molar-refractivity contribution in [3.8, 4) is 0 Å². The summed E-state index contributed by atoms with van der Waals surface area (Å²) in [5.41, 5.74) is 0.